The molecule has 11 heteroatoms. The van der Waals surface area contributed by atoms with Gasteiger partial charge in [-0.2, -0.15) is 13.7 Å². The average molecular weight is 682 g/mol. The maximum Gasteiger partial charge on any atom is 0.410 e. The molecule has 4 aliphatic rings. The van der Waals surface area contributed by atoms with Gasteiger partial charge in [0.15, 0.2) is 0 Å². The van der Waals surface area contributed by atoms with Crippen molar-refractivity contribution in [3.8, 4) is 6.07 Å². The Hall–Kier alpha value is -2.06. The highest BCUT2D eigenvalue weighted by Crippen LogP contribution is 2.48. The highest BCUT2D eigenvalue weighted by atomic mass is 32.2. The number of hydrogen-bond donors (Lipinski definition) is 0. The summed E-state index contributed by atoms with van der Waals surface area (Å²) in [7, 11) is -3.46. The number of hydrogen-bond acceptors (Lipinski definition) is 8. The van der Waals surface area contributed by atoms with E-state index in [4.69, 9.17) is 13.7 Å². The quantitative estimate of drug-likeness (QED) is 0.258. The number of likely N-dealkylation sites (tertiary alicyclic amines) is 2. The van der Waals surface area contributed by atoms with E-state index in [1.807, 2.05) is 46.4 Å². The smallest absolute Gasteiger partial charge is 0.410 e. The van der Waals surface area contributed by atoms with Gasteiger partial charge in [0.05, 0.1) is 18.9 Å². The van der Waals surface area contributed by atoms with Crippen LogP contribution in [0.4, 0.5) is 9.59 Å². The predicted molar refractivity (Wildman–Crippen MR) is 183 cm³/mol. The first-order chi connectivity index (χ1) is 21.9. The molecule has 2 saturated carbocycles. The number of nitrogens with zero attached hydrogens (tertiary/aromatic N) is 3. The molecule has 4 fully saturated rings. The third-order valence-electron chi connectivity index (χ3n) is 10.8. The van der Waals surface area contributed by atoms with Crippen molar-refractivity contribution in [3.05, 3.63) is 0 Å². The molecule has 0 aromatic carbocycles. The Morgan fingerprint density at radius 3 is 1.40 bits per heavy atom. The Balaban J connectivity index is 0.000000257. The molecule has 0 atom stereocenters. The van der Waals surface area contributed by atoms with Crippen LogP contribution in [0.15, 0.2) is 0 Å². The summed E-state index contributed by atoms with van der Waals surface area (Å²) in [5.41, 5.74) is -0.967. The Morgan fingerprint density at radius 1 is 0.702 bits per heavy atom. The molecule has 0 N–H and O–H groups in total. The summed E-state index contributed by atoms with van der Waals surface area (Å²) in [6, 6.07) is 2.42. The molecule has 47 heavy (non-hydrogen) atoms. The van der Waals surface area contributed by atoms with Crippen LogP contribution in [-0.2, 0) is 23.8 Å². The van der Waals surface area contributed by atoms with E-state index in [9.17, 15) is 23.3 Å². The topological polar surface area (TPSA) is 126 Å². The average Bonchev–Trinajstić information content (AvgIpc) is 3.00. The standard InChI is InChI=1S/C18H30N2O2.C18H33NO5S/c1-17(2,3)22-16(21)20-13-10-18(9-12-19,11-14-20)15-7-5-4-6-8-15;1-17(2,3)24-16(20)19-12-10-18(11-13-19,14-23-25(4,21)22)15-8-6-5-7-9-15/h15H,4-11,13-14H2,1-3H3;15H,5-14H2,1-4H3. The van der Waals surface area contributed by atoms with Gasteiger partial charge in [0.25, 0.3) is 10.1 Å². The minimum absolute atomic E-state index is 0.133. The molecule has 0 aromatic heterocycles. The van der Waals surface area contributed by atoms with Crippen molar-refractivity contribution in [2.75, 3.05) is 39.0 Å². The molecule has 2 aliphatic carbocycles. The molecule has 0 aromatic rings. The Labute approximate surface area is 285 Å². The molecule has 0 spiro atoms. The summed E-state index contributed by atoms with van der Waals surface area (Å²) in [6.45, 7) is 14.2. The van der Waals surface area contributed by atoms with Crippen LogP contribution in [0, 0.1) is 34.0 Å². The Bertz CT molecular complexity index is 1160. The summed E-state index contributed by atoms with van der Waals surface area (Å²) in [5, 5.41) is 9.29. The fourth-order valence-corrected chi connectivity index (χ4v) is 8.58. The van der Waals surface area contributed by atoms with Crippen molar-refractivity contribution < 1.29 is 31.7 Å². The second-order valence-electron chi connectivity index (χ2n) is 16.6. The zero-order valence-electron chi connectivity index (χ0n) is 30.4. The summed E-state index contributed by atoms with van der Waals surface area (Å²) in [5.74, 6) is 1.14. The van der Waals surface area contributed by atoms with Gasteiger partial charge in [0.1, 0.15) is 11.2 Å². The van der Waals surface area contributed by atoms with Gasteiger partial charge >= 0.3 is 12.2 Å². The van der Waals surface area contributed by atoms with E-state index >= 15 is 0 Å². The molecular formula is C36H63N3O7S. The van der Waals surface area contributed by atoms with Crippen molar-refractivity contribution in [2.24, 2.45) is 22.7 Å². The summed E-state index contributed by atoms with van der Waals surface area (Å²) in [4.78, 5) is 28.1. The van der Waals surface area contributed by atoms with Gasteiger partial charge in [-0.1, -0.05) is 38.5 Å². The van der Waals surface area contributed by atoms with E-state index in [1.165, 1.54) is 51.4 Å². The maximum atomic E-state index is 12.3. The van der Waals surface area contributed by atoms with Crippen molar-refractivity contribution in [1.82, 2.24) is 9.80 Å². The number of nitriles is 1. The molecule has 2 saturated heterocycles. The summed E-state index contributed by atoms with van der Waals surface area (Å²) in [6.07, 6.45) is 17.0. The Morgan fingerprint density at radius 2 is 1.06 bits per heavy atom. The SMILES string of the molecule is CC(C)(C)OC(=O)N1CCC(CC#N)(C2CCCCC2)CC1.CC(C)(C)OC(=O)N1CCC(COS(C)(=O)=O)(C2CCCCC2)CC1. The second kappa shape index (κ2) is 16.6. The molecular weight excluding hydrogens is 618 g/mol. The normalized spacial score (nSPS) is 22.8. The lowest BCUT2D eigenvalue weighted by atomic mass is 9.62. The molecule has 10 nitrogen and oxygen atoms in total. The lowest BCUT2D eigenvalue weighted by Gasteiger charge is -2.47. The highest BCUT2D eigenvalue weighted by molar-refractivity contribution is 7.85. The number of carbonyl (C=O) groups is 2. The largest absolute Gasteiger partial charge is 0.444 e. The van der Waals surface area contributed by atoms with Crippen molar-refractivity contribution >= 4 is 22.3 Å². The zero-order chi connectivity index (χ0) is 34.9. The van der Waals surface area contributed by atoms with Gasteiger partial charge < -0.3 is 19.3 Å². The van der Waals surface area contributed by atoms with E-state index in [0.29, 0.717) is 31.3 Å². The minimum Gasteiger partial charge on any atom is -0.444 e. The van der Waals surface area contributed by atoms with E-state index in [0.717, 1.165) is 57.9 Å². The molecule has 0 radical (unpaired) electrons. The number of rotatable bonds is 6. The number of ether oxygens (including phenoxy) is 2. The van der Waals surface area contributed by atoms with E-state index in [1.54, 1.807) is 4.90 Å². The molecule has 0 unspecified atom stereocenters. The number of carbonyl (C=O) groups excluding carboxylic acids is 2. The highest BCUT2D eigenvalue weighted by Gasteiger charge is 2.45. The van der Waals surface area contributed by atoms with Crippen LogP contribution >= 0.6 is 0 Å². The minimum atomic E-state index is -3.46. The third-order valence-corrected chi connectivity index (χ3v) is 11.3. The lowest BCUT2D eigenvalue weighted by molar-refractivity contribution is -0.0232. The van der Waals surface area contributed by atoms with E-state index in [2.05, 4.69) is 6.07 Å². The summed E-state index contributed by atoms with van der Waals surface area (Å²) < 4.78 is 39.2. The number of amides is 2. The fourth-order valence-electron chi connectivity index (χ4n) is 8.13. The van der Waals surface area contributed by atoms with Gasteiger partial charge in [-0.05, 0) is 110 Å². The van der Waals surface area contributed by atoms with E-state index in [-0.39, 0.29) is 29.6 Å². The molecule has 2 aliphatic heterocycles. The van der Waals surface area contributed by atoms with Crippen LogP contribution in [0.5, 0.6) is 0 Å². The second-order valence-corrected chi connectivity index (χ2v) is 18.3. The van der Waals surface area contributed by atoms with Crippen molar-refractivity contribution in [2.45, 2.75) is 149 Å². The van der Waals surface area contributed by atoms with Crippen LogP contribution < -0.4 is 0 Å². The summed E-state index contributed by atoms with van der Waals surface area (Å²) >= 11 is 0. The maximum absolute atomic E-state index is 12.3. The van der Waals surface area contributed by atoms with Crippen LogP contribution in [0.2, 0.25) is 0 Å². The predicted octanol–water partition coefficient (Wildman–Crippen LogP) is 8.06. The monoisotopic (exact) mass is 681 g/mol. The zero-order valence-corrected chi connectivity index (χ0v) is 31.2. The van der Waals surface area contributed by atoms with Gasteiger partial charge in [-0.3, -0.25) is 4.18 Å². The van der Waals surface area contributed by atoms with Crippen molar-refractivity contribution in [3.63, 3.8) is 0 Å². The van der Waals surface area contributed by atoms with Gasteiger partial charge in [0.2, 0.25) is 0 Å². The van der Waals surface area contributed by atoms with Gasteiger partial charge in [-0.15, -0.1) is 0 Å². The third kappa shape index (κ3) is 12.4. The lowest BCUT2D eigenvalue weighted by Crippen LogP contribution is -2.50. The first-order valence-electron chi connectivity index (χ1n) is 18.0. The molecule has 270 valence electrons. The molecule has 0 bridgehead atoms. The van der Waals surface area contributed by atoms with E-state index < -0.39 is 21.3 Å². The van der Waals surface area contributed by atoms with Gasteiger partial charge in [-0.25, -0.2) is 9.59 Å². The Kier molecular flexibility index (Phi) is 13.9. The van der Waals surface area contributed by atoms with Crippen molar-refractivity contribution in [1.29, 1.82) is 5.26 Å². The first-order valence-corrected chi connectivity index (χ1v) is 19.9. The van der Waals surface area contributed by atoms with Crippen LogP contribution in [0.25, 0.3) is 0 Å². The molecule has 4 rings (SSSR count). The first kappa shape index (κ1) is 39.4. The van der Waals surface area contributed by atoms with Gasteiger partial charge in [0, 0.05) is 38.0 Å². The fraction of sp³-hybridized carbons (Fsp3) is 0.917. The molecule has 2 amide bonds. The van der Waals surface area contributed by atoms with Crippen LogP contribution in [0.3, 0.4) is 0 Å². The number of piperidine rings is 2. The van der Waals surface area contributed by atoms with Crippen LogP contribution in [-0.4, -0.2) is 80.6 Å². The molecule has 2 heterocycles. The van der Waals surface area contributed by atoms with Crippen LogP contribution in [0.1, 0.15) is 138 Å².